The first-order chi connectivity index (χ1) is 5.11. The Balaban J connectivity index is 3.71. The number of halogens is 1. The molecule has 0 heterocycles. The zero-order chi connectivity index (χ0) is 8.85. The first-order valence-electron chi connectivity index (χ1n) is 3.48. The molecule has 0 rings (SSSR count). The molecule has 0 atom stereocenters. The molecule has 0 unspecified atom stereocenters. The number of hydrogen-bond donors (Lipinski definition) is 0. The third-order valence-corrected chi connectivity index (χ3v) is 2.33. The van der Waals surface area contributed by atoms with Gasteiger partial charge in [-0.25, -0.2) is 13.4 Å². The summed E-state index contributed by atoms with van der Waals surface area (Å²) in [6.45, 7) is 5.48. The van der Waals surface area contributed by atoms with Crippen LogP contribution in [0.3, 0.4) is 0 Å². The van der Waals surface area contributed by atoms with Gasteiger partial charge in [-0.3, -0.25) is 0 Å². The van der Waals surface area contributed by atoms with Crippen LogP contribution in [0.1, 0.15) is 13.8 Å². The number of carbonyl (C=O) groups is 1. The average Bonchev–Trinajstić information content (AvgIpc) is 1.99. The van der Waals surface area contributed by atoms with E-state index in [9.17, 15) is 9.18 Å². The van der Waals surface area contributed by atoms with Crippen molar-refractivity contribution in [2.45, 2.75) is 13.8 Å². The molecule has 0 N–H and O–H groups in total. The van der Waals surface area contributed by atoms with Gasteiger partial charge in [0.05, 0.1) is 0 Å². The van der Waals surface area contributed by atoms with Gasteiger partial charge < -0.3 is 0 Å². The second kappa shape index (κ2) is 5.37. The molecule has 5 heteroatoms. The third-order valence-electron chi connectivity index (χ3n) is 1.19. The highest BCUT2D eigenvalue weighted by atomic mass is 32.2. The van der Waals surface area contributed by atoms with Crippen LogP contribution < -0.4 is 0 Å². The zero-order valence-electron chi connectivity index (χ0n) is 7.00. The van der Waals surface area contributed by atoms with Crippen LogP contribution in [0.2, 0.25) is 0 Å². The summed E-state index contributed by atoms with van der Waals surface area (Å²) in [6.07, 6.45) is -1.41. The minimum atomic E-state index is -1.41. The second-order valence-corrected chi connectivity index (χ2v) is 3.17. The molecule has 3 nitrogen and oxygen atoms in total. The van der Waals surface area contributed by atoms with E-state index in [1.54, 1.807) is 0 Å². The van der Waals surface area contributed by atoms with E-state index in [1.165, 1.54) is 7.05 Å². The van der Waals surface area contributed by atoms with Crippen LogP contribution in [0, 0.1) is 0 Å². The molecule has 0 saturated carbocycles. The van der Waals surface area contributed by atoms with Crippen LogP contribution in [0.4, 0.5) is 9.18 Å². The molecule has 66 valence electrons. The highest BCUT2D eigenvalue weighted by Crippen LogP contribution is 2.13. The van der Waals surface area contributed by atoms with Gasteiger partial charge in [0.15, 0.2) is 0 Å². The first-order valence-corrected chi connectivity index (χ1v) is 4.21. The fraction of sp³-hybridized carbons (Fsp3) is 0.833. The fourth-order valence-corrected chi connectivity index (χ4v) is 1.19. The summed E-state index contributed by atoms with van der Waals surface area (Å²) in [4.78, 5) is 10.1. The minimum Gasteiger partial charge on any atom is -0.248 e. The quantitative estimate of drug-likeness (QED) is 0.375. The topological polar surface area (TPSA) is 23.6 Å². The molecule has 0 aromatic rings. The molecule has 11 heavy (non-hydrogen) atoms. The molecule has 0 aliphatic carbocycles. The highest BCUT2D eigenvalue weighted by Gasteiger charge is 2.10. The molecule has 0 aromatic heterocycles. The summed E-state index contributed by atoms with van der Waals surface area (Å²) in [5, 5.41) is 0. The van der Waals surface area contributed by atoms with E-state index >= 15 is 0 Å². The predicted octanol–water partition coefficient (Wildman–Crippen LogP) is 1.91. The molecule has 0 aliphatic heterocycles. The van der Waals surface area contributed by atoms with Crippen LogP contribution in [-0.2, 0) is 0 Å². The van der Waals surface area contributed by atoms with Crippen molar-refractivity contribution in [3.05, 3.63) is 0 Å². The smallest absolute Gasteiger partial charge is 0.248 e. The van der Waals surface area contributed by atoms with Crippen molar-refractivity contribution in [1.29, 1.82) is 0 Å². The number of rotatable bonds is 4. The molecule has 0 saturated heterocycles. The number of nitrogens with zero attached hydrogens (tertiary/aromatic N) is 2. The maximum atomic E-state index is 12.0. The van der Waals surface area contributed by atoms with E-state index in [-0.39, 0.29) is 0 Å². The highest BCUT2D eigenvalue weighted by molar-refractivity contribution is 7.95. The fourth-order valence-electron chi connectivity index (χ4n) is 0.544. The molecule has 1 amide bonds. The van der Waals surface area contributed by atoms with Gasteiger partial charge in [0, 0.05) is 32.3 Å². The molecule has 0 bridgehead atoms. The second-order valence-electron chi connectivity index (χ2n) is 1.95. The molecule has 0 spiro atoms. The van der Waals surface area contributed by atoms with Gasteiger partial charge in [-0.2, -0.15) is 0 Å². The summed E-state index contributed by atoms with van der Waals surface area (Å²) in [5.41, 5.74) is 0. The van der Waals surface area contributed by atoms with E-state index < -0.39 is 6.16 Å². The maximum Gasteiger partial charge on any atom is 0.410 e. The first kappa shape index (κ1) is 10.7. The van der Waals surface area contributed by atoms with Crippen molar-refractivity contribution in [2.75, 3.05) is 20.1 Å². The van der Waals surface area contributed by atoms with Gasteiger partial charge in [0.1, 0.15) is 0 Å². The lowest BCUT2D eigenvalue weighted by Gasteiger charge is -2.20. The number of amides is 1. The van der Waals surface area contributed by atoms with Crippen LogP contribution in [0.15, 0.2) is 0 Å². The zero-order valence-corrected chi connectivity index (χ0v) is 7.82. The summed E-state index contributed by atoms with van der Waals surface area (Å²) < 4.78 is 14.8. The van der Waals surface area contributed by atoms with E-state index in [0.29, 0.717) is 0 Å². The minimum absolute atomic E-state index is 0.790. The Bertz CT molecular complexity index is 130. The Labute approximate surface area is 70.8 Å². The standard InChI is InChI=1S/C6H13FN2OS/c1-4-9(5-2)11-8(3)6(7)10/h4-5H2,1-3H3. The Morgan fingerprint density at radius 2 is 1.91 bits per heavy atom. The molecular formula is C6H13FN2OS. The van der Waals surface area contributed by atoms with Crippen molar-refractivity contribution in [1.82, 2.24) is 8.61 Å². The van der Waals surface area contributed by atoms with Crippen LogP contribution in [-0.4, -0.2) is 34.9 Å². The lowest BCUT2D eigenvalue weighted by atomic mass is 10.7. The van der Waals surface area contributed by atoms with Crippen molar-refractivity contribution in [3.63, 3.8) is 0 Å². The van der Waals surface area contributed by atoms with Crippen LogP contribution in [0.25, 0.3) is 0 Å². The summed E-state index contributed by atoms with van der Waals surface area (Å²) in [6, 6.07) is 0. The maximum absolute atomic E-state index is 12.0. The Morgan fingerprint density at radius 1 is 1.45 bits per heavy atom. The Kier molecular flexibility index (Phi) is 5.23. The SMILES string of the molecule is CCN(CC)SN(C)C(=O)F. The molecule has 0 radical (unpaired) electrons. The lowest BCUT2D eigenvalue weighted by Crippen LogP contribution is -2.24. The van der Waals surface area contributed by atoms with Gasteiger partial charge in [-0.15, -0.1) is 4.39 Å². The van der Waals surface area contributed by atoms with E-state index in [2.05, 4.69) is 0 Å². The molecule has 0 fully saturated rings. The molecular weight excluding hydrogens is 167 g/mol. The summed E-state index contributed by atoms with van der Waals surface area (Å²) in [7, 11) is 1.41. The van der Waals surface area contributed by atoms with Crippen molar-refractivity contribution >= 4 is 18.3 Å². The van der Waals surface area contributed by atoms with Crippen molar-refractivity contribution in [3.8, 4) is 0 Å². The normalized spacial score (nSPS) is 10.3. The van der Waals surface area contributed by atoms with Crippen LogP contribution in [0.5, 0.6) is 0 Å². The number of carbonyl (C=O) groups excluding carboxylic acids is 1. The molecule has 0 aromatic carbocycles. The van der Waals surface area contributed by atoms with E-state index in [0.717, 1.165) is 29.5 Å². The summed E-state index contributed by atoms with van der Waals surface area (Å²) >= 11 is 1.09. The summed E-state index contributed by atoms with van der Waals surface area (Å²) in [5.74, 6) is 0. The van der Waals surface area contributed by atoms with E-state index in [4.69, 9.17) is 0 Å². The van der Waals surface area contributed by atoms with Crippen molar-refractivity contribution < 1.29 is 9.18 Å². The van der Waals surface area contributed by atoms with Gasteiger partial charge in [-0.05, 0) is 0 Å². The largest absolute Gasteiger partial charge is 0.410 e. The third kappa shape index (κ3) is 4.21. The van der Waals surface area contributed by atoms with E-state index in [1.807, 2.05) is 18.2 Å². The van der Waals surface area contributed by atoms with Gasteiger partial charge >= 0.3 is 6.16 Å². The lowest BCUT2D eigenvalue weighted by molar-refractivity contribution is 0.208. The van der Waals surface area contributed by atoms with Gasteiger partial charge in [0.2, 0.25) is 0 Å². The van der Waals surface area contributed by atoms with Crippen molar-refractivity contribution in [2.24, 2.45) is 0 Å². The Morgan fingerprint density at radius 3 is 2.18 bits per heavy atom. The molecule has 0 aliphatic rings. The average molecular weight is 180 g/mol. The van der Waals surface area contributed by atoms with Gasteiger partial charge in [-0.1, -0.05) is 13.8 Å². The number of hydrogen-bond acceptors (Lipinski definition) is 3. The van der Waals surface area contributed by atoms with Gasteiger partial charge in [0.25, 0.3) is 0 Å². The Hall–Kier alpha value is -0.290. The van der Waals surface area contributed by atoms with Crippen LogP contribution >= 0.6 is 12.1 Å². The predicted molar refractivity (Wildman–Crippen MR) is 44.8 cm³/mol. The monoisotopic (exact) mass is 180 g/mol.